The molecule has 0 bridgehead atoms. The summed E-state index contributed by atoms with van der Waals surface area (Å²) in [5, 5.41) is 6.24. The van der Waals surface area contributed by atoms with Crippen molar-refractivity contribution in [3.8, 4) is 0 Å². The molecule has 0 saturated carbocycles. The fraction of sp³-hybridized carbons (Fsp3) is 0.600. The van der Waals surface area contributed by atoms with Crippen molar-refractivity contribution in [1.82, 2.24) is 15.5 Å². The smallest absolute Gasteiger partial charge is 0.224 e. The molecule has 2 fully saturated rings. The molecule has 2 heterocycles. The molecule has 1 atom stereocenters. The molecule has 0 aromatic heterocycles. The van der Waals surface area contributed by atoms with E-state index in [2.05, 4.69) is 27.7 Å². The van der Waals surface area contributed by atoms with Gasteiger partial charge in [0.25, 0.3) is 0 Å². The molecule has 2 aliphatic heterocycles. The molecule has 3 rings (SSSR count). The standard InChI is InChI=1S/C20H30N4O2/c25-19(9-5-11-22-20(26)17-6-4-10-21-16-17)24-14-12-23(13-15-24)18-7-2-1-3-8-18/h1-3,7-8,17,21H,4-6,9-16H2,(H,22,26). The molecule has 0 spiro atoms. The van der Waals surface area contributed by atoms with Crippen molar-refractivity contribution in [3.63, 3.8) is 0 Å². The average molecular weight is 358 g/mol. The molecule has 26 heavy (non-hydrogen) atoms. The SMILES string of the molecule is O=C(NCCCC(=O)N1CCN(c2ccccc2)CC1)C1CCCNC1. The first-order chi connectivity index (χ1) is 12.7. The van der Waals surface area contributed by atoms with Gasteiger partial charge in [-0.15, -0.1) is 0 Å². The second kappa shape index (κ2) is 9.57. The van der Waals surface area contributed by atoms with E-state index in [-0.39, 0.29) is 17.7 Å². The molecule has 2 saturated heterocycles. The molecule has 2 aliphatic rings. The lowest BCUT2D eigenvalue weighted by Gasteiger charge is -2.36. The third-order valence-electron chi connectivity index (χ3n) is 5.29. The highest BCUT2D eigenvalue weighted by Gasteiger charge is 2.22. The van der Waals surface area contributed by atoms with Crippen LogP contribution in [0.2, 0.25) is 0 Å². The minimum atomic E-state index is 0.0884. The lowest BCUT2D eigenvalue weighted by molar-refractivity contribution is -0.132. The van der Waals surface area contributed by atoms with Crippen molar-refractivity contribution in [2.75, 3.05) is 50.7 Å². The topological polar surface area (TPSA) is 64.7 Å². The quantitative estimate of drug-likeness (QED) is 0.751. The van der Waals surface area contributed by atoms with Crippen LogP contribution in [0.15, 0.2) is 30.3 Å². The Bertz CT molecular complexity index is 579. The van der Waals surface area contributed by atoms with E-state index in [0.717, 1.165) is 52.1 Å². The number of carbonyl (C=O) groups is 2. The number of hydrogen-bond acceptors (Lipinski definition) is 4. The van der Waals surface area contributed by atoms with Gasteiger partial charge >= 0.3 is 0 Å². The maximum absolute atomic E-state index is 12.4. The Balaban J connectivity index is 1.31. The summed E-state index contributed by atoms with van der Waals surface area (Å²) >= 11 is 0. The van der Waals surface area contributed by atoms with Gasteiger partial charge < -0.3 is 20.4 Å². The van der Waals surface area contributed by atoms with Gasteiger partial charge in [-0.1, -0.05) is 18.2 Å². The van der Waals surface area contributed by atoms with Crippen molar-refractivity contribution in [2.45, 2.75) is 25.7 Å². The first-order valence-corrected chi connectivity index (χ1v) is 9.80. The van der Waals surface area contributed by atoms with Gasteiger partial charge in [0.05, 0.1) is 5.92 Å². The highest BCUT2D eigenvalue weighted by molar-refractivity contribution is 5.79. The van der Waals surface area contributed by atoms with Gasteiger partial charge in [-0.3, -0.25) is 9.59 Å². The van der Waals surface area contributed by atoms with Gasteiger partial charge in [-0.2, -0.15) is 0 Å². The zero-order chi connectivity index (χ0) is 18.2. The molecule has 0 aliphatic carbocycles. The molecular weight excluding hydrogens is 328 g/mol. The number of amides is 2. The Hall–Kier alpha value is -2.08. The van der Waals surface area contributed by atoms with E-state index >= 15 is 0 Å². The molecule has 2 amide bonds. The minimum absolute atomic E-state index is 0.0884. The summed E-state index contributed by atoms with van der Waals surface area (Å²) in [5.41, 5.74) is 1.22. The number of piperazine rings is 1. The number of carbonyl (C=O) groups excluding carboxylic acids is 2. The van der Waals surface area contributed by atoms with Crippen LogP contribution in [0.4, 0.5) is 5.69 Å². The summed E-state index contributed by atoms with van der Waals surface area (Å²) in [6.07, 6.45) is 3.24. The molecule has 6 heteroatoms. The molecule has 0 radical (unpaired) electrons. The first-order valence-electron chi connectivity index (χ1n) is 9.80. The molecule has 142 valence electrons. The number of benzene rings is 1. The highest BCUT2D eigenvalue weighted by Crippen LogP contribution is 2.16. The second-order valence-corrected chi connectivity index (χ2v) is 7.14. The van der Waals surface area contributed by atoms with Crippen molar-refractivity contribution in [2.24, 2.45) is 5.92 Å². The molecule has 2 N–H and O–H groups in total. The van der Waals surface area contributed by atoms with Crippen molar-refractivity contribution in [1.29, 1.82) is 0 Å². The third kappa shape index (κ3) is 5.21. The van der Waals surface area contributed by atoms with Gasteiger partial charge in [-0.25, -0.2) is 0 Å². The molecular formula is C20H30N4O2. The minimum Gasteiger partial charge on any atom is -0.368 e. The van der Waals surface area contributed by atoms with Gasteiger partial charge in [-0.05, 0) is 37.9 Å². The predicted molar refractivity (Wildman–Crippen MR) is 103 cm³/mol. The van der Waals surface area contributed by atoms with Gasteiger partial charge in [0.15, 0.2) is 0 Å². The van der Waals surface area contributed by atoms with Crippen LogP contribution >= 0.6 is 0 Å². The Morgan fingerprint density at radius 2 is 1.88 bits per heavy atom. The number of rotatable bonds is 6. The van der Waals surface area contributed by atoms with Crippen LogP contribution in [0.3, 0.4) is 0 Å². The largest absolute Gasteiger partial charge is 0.368 e. The lowest BCUT2D eigenvalue weighted by Crippen LogP contribution is -2.48. The van der Waals surface area contributed by atoms with E-state index in [1.807, 2.05) is 23.1 Å². The molecule has 1 unspecified atom stereocenters. The third-order valence-corrected chi connectivity index (χ3v) is 5.29. The Morgan fingerprint density at radius 3 is 2.58 bits per heavy atom. The van der Waals surface area contributed by atoms with E-state index in [1.165, 1.54) is 5.69 Å². The molecule has 1 aromatic rings. The maximum atomic E-state index is 12.4. The number of anilines is 1. The van der Waals surface area contributed by atoms with Crippen LogP contribution in [-0.4, -0.2) is 62.5 Å². The van der Waals surface area contributed by atoms with E-state index in [4.69, 9.17) is 0 Å². The van der Waals surface area contributed by atoms with Crippen LogP contribution in [-0.2, 0) is 9.59 Å². The van der Waals surface area contributed by atoms with Crippen LogP contribution in [0.5, 0.6) is 0 Å². The molecule has 1 aromatic carbocycles. The summed E-state index contributed by atoms with van der Waals surface area (Å²) in [7, 11) is 0. The first kappa shape index (κ1) is 18.7. The monoisotopic (exact) mass is 358 g/mol. The second-order valence-electron chi connectivity index (χ2n) is 7.14. The normalized spacial score (nSPS) is 20.7. The summed E-state index contributed by atoms with van der Waals surface area (Å²) in [6.45, 7) is 5.67. The Labute approximate surface area is 155 Å². The van der Waals surface area contributed by atoms with Crippen molar-refractivity contribution >= 4 is 17.5 Å². The van der Waals surface area contributed by atoms with Crippen LogP contribution in [0.25, 0.3) is 0 Å². The fourth-order valence-corrected chi connectivity index (χ4v) is 3.68. The number of para-hydroxylation sites is 1. The van der Waals surface area contributed by atoms with E-state index < -0.39 is 0 Å². The highest BCUT2D eigenvalue weighted by atomic mass is 16.2. The van der Waals surface area contributed by atoms with Crippen molar-refractivity contribution < 1.29 is 9.59 Å². The van der Waals surface area contributed by atoms with Crippen LogP contribution in [0, 0.1) is 5.92 Å². The van der Waals surface area contributed by atoms with Gasteiger partial charge in [0.2, 0.25) is 11.8 Å². The fourth-order valence-electron chi connectivity index (χ4n) is 3.68. The van der Waals surface area contributed by atoms with E-state index in [9.17, 15) is 9.59 Å². The maximum Gasteiger partial charge on any atom is 0.224 e. The van der Waals surface area contributed by atoms with Gasteiger partial charge in [0.1, 0.15) is 0 Å². The summed E-state index contributed by atoms with van der Waals surface area (Å²) in [4.78, 5) is 28.7. The number of nitrogens with one attached hydrogen (secondary N) is 2. The zero-order valence-corrected chi connectivity index (χ0v) is 15.5. The zero-order valence-electron chi connectivity index (χ0n) is 15.5. The lowest BCUT2D eigenvalue weighted by atomic mass is 9.99. The average Bonchev–Trinajstić information content (AvgIpc) is 2.72. The number of piperidine rings is 1. The molecule has 6 nitrogen and oxygen atoms in total. The summed E-state index contributed by atoms with van der Waals surface area (Å²) in [5.74, 6) is 0.415. The van der Waals surface area contributed by atoms with E-state index in [0.29, 0.717) is 19.4 Å². The van der Waals surface area contributed by atoms with E-state index in [1.54, 1.807) is 0 Å². The Morgan fingerprint density at radius 1 is 1.12 bits per heavy atom. The van der Waals surface area contributed by atoms with Crippen LogP contribution < -0.4 is 15.5 Å². The Kier molecular flexibility index (Phi) is 6.89. The predicted octanol–water partition coefficient (Wildman–Crippen LogP) is 1.23. The summed E-state index contributed by atoms with van der Waals surface area (Å²) < 4.78 is 0. The number of nitrogens with zero attached hydrogens (tertiary/aromatic N) is 2. The number of hydrogen-bond donors (Lipinski definition) is 2. The van der Waals surface area contributed by atoms with Crippen LogP contribution in [0.1, 0.15) is 25.7 Å². The summed E-state index contributed by atoms with van der Waals surface area (Å²) in [6, 6.07) is 10.3. The van der Waals surface area contributed by atoms with Gasteiger partial charge in [0, 0.05) is 51.4 Å². The van der Waals surface area contributed by atoms with Crippen molar-refractivity contribution in [3.05, 3.63) is 30.3 Å².